The predicted molar refractivity (Wildman–Crippen MR) is 140 cm³/mol. The maximum absolute atomic E-state index is 12.6. The van der Waals surface area contributed by atoms with Gasteiger partial charge in [-0.15, -0.1) is 0 Å². The van der Waals surface area contributed by atoms with Crippen LogP contribution in [0.15, 0.2) is 54.6 Å². The molecule has 0 aliphatic carbocycles. The number of hydrogen-bond donors (Lipinski definition) is 5. The van der Waals surface area contributed by atoms with Gasteiger partial charge in [0.15, 0.2) is 5.79 Å². The van der Waals surface area contributed by atoms with E-state index in [0.717, 1.165) is 29.1 Å². The van der Waals surface area contributed by atoms with Crippen molar-refractivity contribution in [3.63, 3.8) is 0 Å². The Morgan fingerprint density at radius 2 is 1.86 bits per heavy atom. The average molecular weight is 520 g/mol. The quantitative estimate of drug-likeness (QED) is 0.255. The van der Waals surface area contributed by atoms with Crippen LogP contribution in [0, 0.1) is 0 Å². The second-order valence-corrected chi connectivity index (χ2v) is 10.3. The van der Waals surface area contributed by atoms with E-state index in [1.165, 1.54) is 0 Å². The molecule has 0 saturated carbocycles. The summed E-state index contributed by atoms with van der Waals surface area (Å²) in [6.45, 7) is 1.71. The Balaban J connectivity index is 1.52. The fraction of sp³-hybridized carbons (Fsp3) is 0.519. The van der Waals surface area contributed by atoms with Gasteiger partial charge in [0, 0.05) is 24.9 Å². The van der Waals surface area contributed by atoms with E-state index in [0.29, 0.717) is 12.2 Å². The smallest absolute Gasteiger partial charge is 0.251 e. The number of hydrogen-bond acceptors (Lipinski definition) is 8. The molecule has 2 aromatic rings. The molecule has 1 fully saturated rings. The van der Waals surface area contributed by atoms with Gasteiger partial charge in [-0.2, -0.15) is 11.8 Å². The average Bonchev–Trinajstić information content (AvgIpc) is 2.91. The number of carbonyl (C=O) groups excluding carboxylic acids is 1. The molecule has 1 heterocycles. The molecule has 5 N–H and O–H groups in total. The Labute approximate surface area is 216 Å². The number of benzene rings is 2. The fourth-order valence-corrected chi connectivity index (χ4v) is 4.82. The van der Waals surface area contributed by atoms with Gasteiger partial charge in [0.25, 0.3) is 5.91 Å². The van der Waals surface area contributed by atoms with Crippen LogP contribution < -0.4 is 5.32 Å². The van der Waals surface area contributed by atoms with Crippen molar-refractivity contribution >= 4 is 17.7 Å². The molecule has 3 rings (SSSR count). The van der Waals surface area contributed by atoms with Gasteiger partial charge in [0.2, 0.25) is 0 Å². The van der Waals surface area contributed by atoms with Crippen LogP contribution in [0.5, 0.6) is 0 Å². The number of amides is 1. The van der Waals surface area contributed by atoms with E-state index >= 15 is 0 Å². The molecule has 2 unspecified atom stereocenters. The summed E-state index contributed by atoms with van der Waals surface area (Å²) in [6, 6.07) is 16.9. The molecule has 36 heavy (non-hydrogen) atoms. The van der Waals surface area contributed by atoms with E-state index < -0.39 is 36.8 Å². The van der Waals surface area contributed by atoms with Gasteiger partial charge in [-0.1, -0.05) is 49.4 Å². The van der Waals surface area contributed by atoms with E-state index in [9.17, 15) is 25.2 Å². The molecule has 1 amide bonds. The number of ether oxygens (including phenoxy) is 2. The van der Waals surface area contributed by atoms with E-state index in [-0.39, 0.29) is 25.3 Å². The van der Waals surface area contributed by atoms with Crippen molar-refractivity contribution in [3.05, 3.63) is 60.2 Å². The third kappa shape index (κ3) is 8.01. The molecule has 0 spiro atoms. The maximum atomic E-state index is 12.6. The van der Waals surface area contributed by atoms with Crippen LogP contribution in [0.1, 0.15) is 36.5 Å². The van der Waals surface area contributed by atoms with Gasteiger partial charge in [0.1, 0.15) is 6.10 Å². The summed E-state index contributed by atoms with van der Waals surface area (Å²) < 4.78 is 11.7. The van der Waals surface area contributed by atoms with Gasteiger partial charge < -0.3 is 35.2 Å². The van der Waals surface area contributed by atoms with E-state index in [4.69, 9.17) is 9.47 Å². The number of aliphatic hydroxyl groups excluding tert-OH is 4. The van der Waals surface area contributed by atoms with Gasteiger partial charge in [-0.3, -0.25) is 4.79 Å². The van der Waals surface area contributed by atoms with Crippen molar-refractivity contribution in [1.82, 2.24) is 5.32 Å². The van der Waals surface area contributed by atoms with Crippen molar-refractivity contribution < 1.29 is 34.7 Å². The lowest BCUT2D eigenvalue weighted by molar-refractivity contribution is -0.323. The third-order valence-electron chi connectivity index (χ3n) is 6.16. The Hall–Kier alpha value is -1.98. The van der Waals surface area contributed by atoms with E-state index in [1.807, 2.05) is 42.5 Å². The third-order valence-corrected chi connectivity index (χ3v) is 7.15. The summed E-state index contributed by atoms with van der Waals surface area (Å²) in [7, 11) is 0. The number of aliphatic hydroxyl groups is 4. The summed E-state index contributed by atoms with van der Waals surface area (Å²) >= 11 is 1.78. The highest BCUT2D eigenvalue weighted by atomic mass is 32.2. The zero-order valence-corrected chi connectivity index (χ0v) is 21.4. The zero-order chi connectivity index (χ0) is 26.0. The highest BCUT2D eigenvalue weighted by Gasteiger charge is 2.45. The van der Waals surface area contributed by atoms with Crippen LogP contribution in [0.3, 0.4) is 0 Å². The Bertz CT molecular complexity index is 929. The number of carbonyl (C=O) groups is 1. The van der Waals surface area contributed by atoms with Crippen LogP contribution in [0.4, 0.5) is 0 Å². The fourth-order valence-electron chi connectivity index (χ4n) is 4.21. The van der Waals surface area contributed by atoms with Crippen molar-refractivity contribution in [1.29, 1.82) is 0 Å². The normalized spacial score (nSPS) is 23.7. The van der Waals surface area contributed by atoms with Crippen LogP contribution in [-0.4, -0.2) is 87.8 Å². The molecular weight excluding hydrogens is 482 g/mol. The molecule has 198 valence electrons. The molecule has 0 aromatic heterocycles. The summed E-state index contributed by atoms with van der Waals surface area (Å²) in [4.78, 5) is 12.6. The molecule has 0 bridgehead atoms. The zero-order valence-electron chi connectivity index (χ0n) is 20.6. The maximum Gasteiger partial charge on any atom is 0.251 e. The van der Waals surface area contributed by atoms with E-state index in [2.05, 4.69) is 12.2 Å². The largest absolute Gasteiger partial charge is 0.393 e. The molecule has 9 heteroatoms. The minimum absolute atomic E-state index is 0.0689. The number of thioether (sulfide) groups is 1. The highest BCUT2D eigenvalue weighted by molar-refractivity contribution is 7.99. The summed E-state index contributed by atoms with van der Waals surface area (Å²) in [5.41, 5.74) is 2.45. The van der Waals surface area contributed by atoms with E-state index in [1.54, 1.807) is 23.9 Å². The van der Waals surface area contributed by atoms with Crippen LogP contribution >= 0.6 is 11.8 Å². The number of nitrogens with one attached hydrogen (secondary N) is 1. The predicted octanol–water partition coefficient (Wildman–Crippen LogP) is 2.19. The standard InChI is InChI=1S/C27H37NO7S/c1-2-36-14-6-13-34-27(18-29)16-22(30)15-24(35-27)25(32)23(31)17-28-26(33)21-11-9-20(10-12-21)19-7-4-3-5-8-19/h3-5,7-12,22-25,29-32H,2,6,13-18H2,1H3,(H,28,33)/t22?,23?,24-,25-,27-/m1/s1. The first kappa shape index (κ1) is 28.6. The molecule has 8 nitrogen and oxygen atoms in total. The second kappa shape index (κ2) is 14.1. The van der Waals surface area contributed by atoms with Crippen molar-refractivity contribution in [2.45, 2.75) is 56.4 Å². The molecular formula is C27H37NO7S. The molecule has 1 aliphatic rings. The number of rotatable bonds is 13. The molecule has 5 atom stereocenters. The molecule has 2 aromatic carbocycles. The topological polar surface area (TPSA) is 128 Å². The van der Waals surface area contributed by atoms with Crippen LogP contribution in [-0.2, 0) is 9.47 Å². The Morgan fingerprint density at radius 1 is 1.17 bits per heavy atom. The van der Waals surface area contributed by atoms with Gasteiger partial charge in [-0.05, 0) is 41.2 Å². The Kier molecular flexibility index (Phi) is 11.2. The first-order valence-electron chi connectivity index (χ1n) is 12.4. The highest BCUT2D eigenvalue weighted by Crippen LogP contribution is 2.32. The van der Waals surface area contributed by atoms with Gasteiger partial charge in [-0.25, -0.2) is 0 Å². The summed E-state index contributed by atoms with van der Waals surface area (Å²) in [5.74, 6) is 0.0783. The van der Waals surface area contributed by atoms with Crippen molar-refractivity contribution in [3.8, 4) is 11.1 Å². The summed E-state index contributed by atoms with van der Waals surface area (Å²) in [6.07, 6.45) is -3.68. The Morgan fingerprint density at radius 3 is 2.53 bits per heavy atom. The molecule has 0 radical (unpaired) electrons. The lowest BCUT2D eigenvalue weighted by Crippen LogP contribution is -2.56. The van der Waals surface area contributed by atoms with Crippen molar-refractivity contribution in [2.24, 2.45) is 0 Å². The van der Waals surface area contributed by atoms with Gasteiger partial charge >= 0.3 is 0 Å². The SMILES string of the molecule is CCSCCCO[C@]1(CO)CC(O)C[C@H]([C@H](O)C(O)CNC(=O)c2ccc(-c3ccccc3)cc2)O1. The van der Waals surface area contributed by atoms with Gasteiger partial charge in [0.05, 0.1) is 31.5 Å². The minimum atomic E-state index is -1.44. The van der Waals surface area contributed by atoms with Crippen molar-refractivity contribution in [2.75, 3.05) is 31.3 Å². The van der Waals surface area contributed by atoms with Crippen LogP contribution in [0.25, 0.3) is 11.1 Å². The minimum Gasteiger partial charge on any atom is -0.393 e. The first-order chi connectivity index (χ1) is 17.4. The monoisotopic (exact) mass is 519 g/mol. The lowest BCUT2D eigenvalue weighted by Gasteiger charge is -2.43. The van der Waals surface area contributed by atoms with Crippen LogP contribution in [0.2, 0.25) is 0 Å². The first-order valence-corrected chi connectivity index (χ1v) is 13.5. The molecule has 1 saturated heterocycles. The summed E-state index contributed by atoms with van der Waals surface area (Å²) in [5, 5.41) is 44.1. The second-order valence-electron chi connectivity index (χ2n) is 8.93. The molecule has 1 aliphatic heterocycles. The lowest BCUT2D eigenvalue weighted by atomic mass is 9.93.